The lowest BCUT2D eigenvalue weighted by Gasteiger charge is -2.33. The van der Waals surface area contributed by atoms with Gasteiger partial charge in [-0.05, 0) is 61.7 Å². The van der Waals surface area contributed by atoms with Gasteiger partial charge in [0.2, 0.25) is 5.91 Å². The van der Waals surface area contributed by atoms with E-state index in [4.69, 9.17) is 10.5 Å². The van der Waals surface area contributed by atoms with Crippen LogP contribution in [0.25, 0.3) is 10.2 Å². The van der Waals surface area contributed by atoms with Gasteiger partial charge < -0.3 is 26.0 Å². The summed E-state index contributed by atoms with van der Waals surface area (Å²) in [7, 11) is 0. The first-order chi connectivity index (χ1) is 19.4. The number of thiophene rings is 1. The van der Waals surface area contributed by atoms with Gasteiger partial charge in [-0.25, -0.2) is 9.78 Å². The highest BCUT2D eigenvalue weighted by Crippen LogP contribution is 2.46. The summed E-state index contributed by atoms with van der Waals surface area (Å²) in [4.78, 5) is 47.8. The quantitative estimate of drug-likeness (QED) is 0.314. The van der Waals surface area contributed by atoms with E-state index >= 15 is 0 Å². The molecule has 2 aliphatic rings. The van der Waals surface area contributed by atoms with Gasteiger partial charge in [-0.1, -0.05) is 18.2 Å². The van der Waals surface area contributed by atoms with Gasteiger partial charge in [-0.15, -0.1) is 11.3 Å². The number of aryl methyl sites for hydroxylation is 1. The molecule has 4 amide bonds. The van der Waals surface area contributed by atoms with Crippen LogP contribution in [0.1, 0.15) is 28.1 Å². The first-order valence-electron chi connectivity index (χ1n) is 13.1. The van der Waals surface area contributed by atoms with Crippen molar-refractivity contribution in [2.75, 3.05) is 29.9 Å². The molecule has 1 unspecified atom stereocenters. The molecule has 2 aliphatic heterocycles. The Hall–Kier alpha value is -4.48. The van der Waals surface area contributed by atoms with E-state index in [0.29, 0.717) is 51.0 Å². The lowest BCUT2D eigenvalue weighted by Crippen LogP contribution is -2.51. The molecule has 2 aromatic heterocycles. The summed E-state index contributed by atoms with van der Waals surface area (Å²) < 4.78 is 5.96. The van der Waals surface area contributed by atoms with Crippen LogP contribution in [-0.4, -0.2) is 53.4 Å². The molecule has 10 nitrogen and oxygen atoms in total. The van der Waals surface area contributed by atoms with Gasteiger partial charge in [0.25, 0.3) is 5.91 Å². The van der Waals surface area contributed by atoms with Crippen LogP contribution < -0.4 is 26.0 Å². The van der Waals surface area contributed by atoms with E-state index in [1.54, 1.807) is 22.1 Å². The molecule has 0 saturated carbocycles. The summed E-state index contributed by atoms with van der Waals surface area (Å²) in [6.45, 7) is 2.91. The molecule has 0 bridgehead atoms. The first-order valence-corrected chi connectivity index (χ1v) is 13.9. The molecule has 4 aromatic rings. The fraction of sp³-hybridized carbons (Fsp3) is 0.241. The minimum absolute atomic E-state index is 0.0552. The number of carbonyl (C=O) groups is 3. The molecule has 1 saturated heterocycles. The summed E-state index contributed by atoms with van der Waals surface area (Å²) in [5.41, 5.74) is 8.17. The van der Waals surface area contributed by atoms with E-state index in [1.807, 2.05) is 55.5 Å². The zero-order chi connectivity index (χ0) is 27.8. The second-order valence-corrected chi connectivity index (χ2v) is 10.8. The van der Waals surface area contributed by atoms with Crippen LogP contribution in [0.4, 0.5) is 21.9 Å². The average Bonchev–Trinajstić information content (AvgIpc) is 3.33. The number of benzene rings is 2. The SMILES string of the molecule is Cc1cc(Oc2ccccc2)ccc1N1C(=O)Nc2c(C(=O)NC3CCCN(C(=O)CN)C3)sc3nccc1c23. The maximum atomic E-state index is 13.5. The van der Waals surface area contributed by atoms with Crippen LogP contribution in [0.5, 0.6) is 11.5 Å². The minimum atomic E-state index is -0.371. The molecule has 0 spiro atoms. The zero-order valence-corrected chi connectivity index (χ0v) is 22.7. The highest BCUT2D eigenvalue weighted by atomic mass is 32.1. The second-order valence-electron chi connectivity index (χ2n) is 9.80. The van der Waals surface area contributed by atoms with Crippen molar-refractivity contribution in [1.29, 1.82) is 0 Å². The third-order valence-electron chi connectivity index (χ3n) is 7.12. The maximum absolute atomic E-state index is 13.5. The molecular weight excluding hydrogens is 528 g/mol. The van der Waals surface area contributed by atoms with Crippen molar-refractivity contribution in [3.8, 4) is 11.5 Å². The summed E-state index contributed by atoms with van der Waals surface area (Å²) in [6, 6.07) is 16.3. The number of urea groups is 1. The molecule has 0 aliphatic carbocycles. The molecule has 4 heterocycles. The van der Waals surface area contributed by atoms with Crippen LogP contribution >= 0.6 is 11.3 Å². The molecule has 40 heavy (non-hydrogen) atoms. The van der Waals surface area contributed by atoms with Crippen LogP contribution in [0.15, 0.2) is 60.8 Å². The number of pyridine rings is 1. The van der Waals surface area contributed by atoms with Crippen LogP contribution in [0.3, 0.4) is 0 Å². The van der Waals surface area contributed by atoms with Gasteiger partial charge >= 0.3 is 6.03 Å². The topological polar surface area (TPSA) is 130 Å². The summed E-state index contributed by atoms with van der Waals surface area (Å²) >= 11 is 1.23. The zero-order valence-electron chi connectivity index (χ0n) is 21.8. The number of piperidine rings is 1. The van der Waals surface area contributed by atoms with Gasteiger partial charge in [0.05, 0.1) is 29.0 Å². The number of hydrogen-bond donors (Lipinski definition) is 3. The van der Waals surface area contributed by atoms with E-state index in [-0.39, 0.29) is 30.4 Å². The molecule has 6 rings (SSSR count). The van der Waals surface area contributed by atoms with Crippen LogP contribution in [-0.2, 0) is 4.79 Å². The maximum Gasteiger partial charge on any atom is 0.331 e. The van der Waals surface area contributed by atoms with Crippen molar-refractivity contribution in [1.82, 2.24) is 15.2 Å². The lowest BCUT2D eigenvalue weighted by atomic mass is 10.1. The predicted molar refractivity (Wildman–Crippen MR) is 155 cm³/mol. The molecule has 1 atom stereocenters. The van der Waals surface area contributed by atoms with Crippen molar-refractivity contribution in [2.45, 2.75) is 25.8 Å². The van der Waals surface area contributed by atoms with Crippen molar-refractivity contribution < 1.29 is 19.1 Å². The molecule has 11 heteroatoms. The number of nitrogens with one attached hydrogen (secondary N) is 2. The molecule has 0 radical (unpaired) electrons. The predicted octanol–water partition coefficient (Wildman–Crippen LogP) is 4.76. The van der Waals surface area contributed by atoms with E-state index in [9.17, 15) is 14.4 Å². The minimum Gasteiger partial charge on any atom is -0.457 e. The fourth-order valence-corrected chi connectivity index (χ4v) is 6.27. The van der Waals surface area contributed by atoms with E-state index in [2.05, 4.69) is 15.6 Å². The molecule has 2 aromatic carbocycles. The number of anilines is 3. The smallest absolute Gasteiger partial charge is 0.331 e. The molecule has 1 fully saturated rings. The Morgan fingerprint density at radius 3 is 2.75 bits per heavy atom. The van der Waals surface area contributed by atoms with E-state index in [1.165, 1.54) is 11.3 Å². The van der Waals surface area contributed by atoms with Gasteiger partial charge in [-0.3, -0.25) is 14.5 Å². The Balaban J connectivity index is 1.29. The number of aromatic nitrogens is 1. The monoisotopic (exact) mass is 556 g/mol. The van der Waals surface area contributed by atoms with Crippen molar-refractivity contribution in [3.05, 3.63) is 71.2 Å². The Morgan fingerprint density at radius 1 is 1.15 bits per heavy atom. The van der Waals surface area contributed by atoms with Crippen LogP contribution in [0.2, 0.25) is 0 Å². The standard InChI is InChI=1S/C29H28N6O4S/c1-17-14-20(39-19-7-3-2-4-8-19)9-10-21(17)35-22-11-12-31-28-24(22)25(33-29(35)38)26(40-28)27(37)32-18-6-5-13-34(16-18)23(36)15-30/h2-4,7-12,14,18H,5-6,13,15-16,30H2,1H3,(H,32,37)(H,33,38). The molecule has 204 valence electrons. The summed E-state index contributed by atoms with van der Waals surface area (Å²) in [5.74, 6) is 0.951. The van der Waals surface area contributed by atoms with Gasteiger partial charge in [0.15, 0.2) is 0 Å². The Labute approximate surface area is 234 Å². The van der Waals surface area contributed by atoms with Gasteiger partial charge in [-0.2, -0.15) is 0 Å². The molecular formula is C29H28N6O4S. The number of nitrogens with two attached hydrogens (primary N) is 1. The average molecular weight is 557 g/mol. The van der Waals surface area contributed by atoms with Gasteiger partial charge in [0, 0.05) is 25.3 Å². The van der Waals surface area contributed by atoms with Crippen molar-refractivity contribution >= 4 is 56.5 Å². The summed E-state index contributed by atoms with van der Waals surface area (Å²) in [5, 5.41) is 6.70. The molecule has 4 N–H and O–H groups in total. The highest BCUT2D eigenvalue weighted by Gasteiger charge is 2.34. The Kier molecular flexibility index (Phi) is 6.82. The number of nitrogens with zero attached hydrogens (tertiary/aromatic N) is 3. The van der Waals surface area contributed by atoms with E-state index in [0.717, 1.165) is 24.2 Å². The largest absolute Gasteiger partial charge is 0.457 e. The fourth-order valence-electron chi connectivity index (χ4n) is 5.25. The summed E-state index contributed by atoms with van der Waals surface area (Å²) in [6.07, 6.45) is 3.18. The third kappa shape index (κ3) is 4.74. The number of carbonyl (C=O) groups excluding carboxylic acids is 3. The van der Waals surface area contributed by atoms with Crippen LogP contribution in [0, 0.1) is 6.92 Å². The number of rotatable bonds is 6. The normalized spacial score (nSPS) is 16.6. The first kappa shape index (κ1) is 25.8. The number of amides is 4. The number of hydrogen-bond acceptors (Lipinski definition) is 7. The van der Waals surface area contributed by atoms with Gasteiger partial charge in [0.1, 0.15) is 21.2 Å². The van der Waals surface area contributed by atoms with Crippen molar-refractivity contribution in [3.63, 3.8) is 0 Å². The second kappa shape index (κ2) is 10.6. The Bertz CT molecular complexity index is 1620. The number of ether oxygens (including phenoxy) is 1. The van der Waals surface area contributed by atoms with E-state index < -0.39 is 0 Å². The third-order valence-corrected chi connectivity index (χ3v) is 8.22. The lowest BCUT2D eigenvalue weighted by molar-refractivity contribution is -0.130. The number of para-hydroxylation sites is 1. The Morgan fingerprint density at radius 2 is 1.98 bits per heavy atom. The number of likely N-dealkylation sites (tertiary alicyclic amines) is 1. The highest BCUT2D eigenvalue weighted by molar-refractivity contribution is 7.21. The van der Waals surface area contributed by atoms with Crippen molar-refractivity contribution in [2.24, 2.45) is 5.73 Å².